The van der Waals surface area contributed by atoms with Crippen molar-refractivity contribution in [3.05, 3.63) is 68.6 Å². The maximum atomic E-state index is 12.0. The number of carbonyl (C=O) groups is 2. The Morgan fingerprint density at radius 3 is 2.17 bits per heavy atom. The summed E-state index contributed by atoms with van der Waals surface area (Å²) in [6, 6.07) is 15.3. The quantitative estimate of drug-likeness (QED) is 0.453. The number of halogens is 2. The molecule has 0 fully saturated rings. The molecule has 156 valence electrons. The van der Waals surface area contributed by atoms with Crippen molar-refractivity contribution in [2.24, 2.45) is 0 Å². The van der Waals surface area contributed by atoms with Gasteiger partial charge in [-0.25, -0.2) is 0 Å². The molecule has 0 aliphatic rings. The summed E-state index contributed by atoms with van der Waals surface area (Å²) in [6.45, 7) is 3.35. The van der Waals surface area contributed by atoms with Gasteiger partial charge >= 0.3 is 0 Å². The molecular formula is C22H20Br2N2O4. The first-order valence-corrected chi connectivity index (χ1v) is 10.7. The number of para-hydroxylation sites is 1. The lowest BCUT2D eigenvalue weighted by molar-refractivity contribution is -0.131. The number of fused-ring (bicyclic) bond motifs is 1. The zero-order chi connectivity index (χ0) is 21.7. The Kier molecular flexibility index (Phi) is 7.33. The van der Waals surface area contributed by atoms with Crippen LogP contribution in [0.4, 0.5) is 0 Å². The minimum atomic E-state index is -0.488. The molecule has 0 aliphatic carbocycles. The number of hydrazine groups is 1. The monoisotopic (exact) mass is 534 g/mol. The maximum Gasteiger partial charge on any atom is 0.276 e. The van der Waals surface area contributed by atoms with Crippen LogP contribution in [0.3, 0.4) is 0 Å². The SMILES string of the molecule is Cc1cccc(C)c1OCC(=O)NNC(=O)COc1ccc2cc(Br)ccc2c1Br. The molecule has 0 spiro atoms. The van der Waals surface area contributed by atoms with Crippen molar-refractivity contribution in [2.75, 3.05) is 13.2 Å². The third kappa shape index (κ3) is 5.52. The maximum absolute atomic E-state index is 12.0. The fourth-order valence-electron chi connectivity index (χ4n) is 2.87. The van der Waals surface area contributed by atoms with Crippen molar-refractivity contribution in [1.29, 1.82) is 0 Å². The number of hydrogen-bond donors (Lipinski definition) is 2. The Labute approximate surface area is 191 Å². The van der Waals surface area contributed by atoms with Crippen molar-refractivity contribution in [2.45, 2.75) is 13.8 Å². The lowest BCUT2D eigenvalue weighted by atomic mass is 10.1. The van der Waals surface area contributed by atoms with E-state index in [4.69, 9.17) is 9.47 Å². The van der Waals surface area contributed by atoms with Gasteiger partial charge in [0.25, 0.3) is 11.8 Å². The lowest BCUT2D eigenvalue weighted by Crippen LogP contribution is -2.45. The van der Waals surface area contributed by atoms with Crippen LogP contribution in [0.1, 0.15) is 11.1 Å². The first kappa shape index (κ1) is 22.1. The molecule has 0 radical (unpaired) electrons. The number of carbonyl (C=O) groups excluding carboxylic acids is 2. The van der Waals surface area contributed by atoms with Crippen LogP contribution >= 0.6 is 31.9 Å². The highest BCUT2D eigenvalue weighted by atomic mass is 79.9. The second-order valence-corrected chi connectivity index (χ2v) is 8.35. The Bertz CT molecular complexity index is 1080. The Hall–Kier alpha value is -2.58. The van der Waals surface area contributed by atoms with E-state index in [2.05, 4.69) is 42.7 Å². The summed E-state index contributed by atoms with van der Waals surface area (Å²) in [4.78, 5) is 24.0. The number of rotatable bonds is 6. The van der Waals surface area contributed by atoms with Gasteiger partial charge in [0.1, 0.15) is 11.5 Å². The molecule has 0 saturated carbocycles. The fraction of sp³-hybridized carbons (Fsp3) is 0.182. The van der Waals surface area contributed by atoms with Crippen LogP contribution in [0.15, 0.2) is 57.5 Å². The van der Waals surface area contributed by atoms with Crippen LogP contribution in [0.2, 0.25) is 0 Å². The van der Waals surface area contributed by atoms with Crippen molar-refractivity contribution < 1.29 is 19.1 Å². The standard InChI is InChI=1S/C22H20Br2N2O4/c1-13-4-3-5-14(2)22(13)30-12-20(28)26-25-19(27)11-29-18-9-6-15-10-16(23)7-8-17(15)21(18)24/h3-10H,11-12H2,1-2H3,(H,25,27)(H,26,28). The highest BCUT2D eigenvalue weighted by Gasteiger charge is 2.11. The molecule has 3 rings (SSSR count). The van der Waals surface area contributed by atoms with E-state index in [1.807, 2.05) is 56.3 Å². The number of nitrogens with one attached hydrogen (secondary N) is 2. The van der Waals surface area contributed by atoms with Crippen molar-refractivity contribution in [3.8, 4) is 11.5 Å². The molecule has 0 unspecified atom stereocenters. The first-order valence-electron chi connectivity index (χ1n) is 9.12. The average molecular weight is 536 g/mol. The molecule has 0 aromatic heterocycles. The van der Waals surface area contributed by atoms with Crippen LogP contribution in [0.25, 0.3) is 10.8 Å². The zero-order valence-corrected chi connectivity index (χ0v) is 19.6. The molecule has 3 aromatic rings. The molecule has 30 heavy (non-hydrogen) atoms. The molecule has 2 amide bonds. The van der Waals surface area contributed by atoms with E-state index in [1.165, 1.54) is 0 Å². The van der Waals surface area contributed by atoms with Crippen LogP contribution in [0, 0.1) is 13.8 Å². The number of amides is 2. The second-order valence-electron chi connectivity index (χ2n) is 6.64. The summed E-state index contributed by atoms with van der Waals surface area (Å²) in [5.74, 6) is 0.238. The van der Waals surface area contributed by atoms with Gasteiger partial charge in [-0.2, -0.15) is 0 Å². The molecule has 6 nitrogen and oxygen atoms in total. The van der Waals surface area contributed by atoms with E-state index in [-0.39, 0.29) is 13.2 Å². The van der Waals surface area contributed by atoms with Gasteiger partial charge in [0.15, 0.2) is 13.2 Å². The average Bonchev–Trinajstić information content (AvgIpc) is 2.71. The number of aryl methyl sites for hydroxylation is 2. The largest absolute Gasteiger partial charge is 0.483 e. The normalized spacial score (nSPS) is 10.5. The Morgan fingerprint density at radius 2 is 1.50 bits per heavy atom. The lowest BCUT2D eigenvalue weighted by Gasteiger charge is -2.13. The van der Waals surface area contributed by atoms with Gasteiger partial charge in [-0.05, 0) is 69.9 Å². The summed E-state index contributed by atoms with van der Waals surface area (Å²) in [5.41, 5.74) is 6.51. The fourth-order valence-corrected chi connectivity index (χ4v) is 3.86. The summed E-state index contributed by atoms with van der Waals surface area (Å²) in [5, 5.41) is 2.00. The van der Waals surface area contributed by atoms with Crippen molar-refractivity contribution in [3.63, 3.8) is 0 Å². The van der Waals surface area contributed by atoms with Gasteiger partial charge in [0.05, 0.1) is 4.47 Å². The molecule has 0 saturated heterocycles. The van der Waals surface area contributed by atoms with Crippen LogP contribution < -0.4 is 20.3 Å². The van der Waals surface area contributed by atoms with Gasteiger partial charge < -0.3 is 9.47 Å². The molecule has 0 heterocycles. The van der Waals surface area contributed by atoms with Gasteiger partial charge in [-0.15, -0.1) is 0 Å². The topological polar surface area (TPSA) is 76.7 Å². The minimum Gasteiger partial charge on any atom is -0.483 e. The van der Waals surface area contributed by atoms with Crippen LogP contribution in [-0.4, -0.2) is 25.0 Å². The van der Waals surface area contributed by atoms with E-state index in [9.17, 15) is 9.59 Å². The van der Waals surface area contributed by atoms with Crippen LogP contribution in [-0.2, 0) is 9.59 Å². The highest BCUT2D eigenvalue weighted by molar-refractivity contribution is 9.11. The van der Waals surface area contributed by atoms with E-state index in [1.54, 1.807) is 6.07 Å². The third-order valence-corrected chi connectivity index (χ3v) is 5.65. The van der Waals surface area contributed by atoms with E-state index in [0.29, 0.717) is 11.5 Å². The molecule has 0 atom stereocenters. The Morgan fingerprint density at radius 1 is 0.867 bits per heavy atom. The molecule has 2 N–H and O–H groups in total. The number of benzene rings is 3. The predicted molar refractivity (Wildman–Crippen MR) is 123 cm³/mol. The molecule has 3 aromatic carbocycles. The Balaban J connectivity index is 1.48. The summed E-state index contributed by atoms with van der Waals surface area (Å²) in [7, 11) is 0. The molecule has 0 aliphatic heterocycles. The molecular weight excluding hydrogens is 516 g/mol. The van der Waals surface area contributed by atoms with Gasteiger partial charge in [-0.3, -0.25) is 20.4 Å². The van der Waals surface area contributed by atoms with E-state index < -0.39 is 11.8 Å². The second kappa shape index (κ2) is 9.95. The van der Waals surface area contributed by atoms with Gasteiger partial charge in [-0.1, -0.05) is 46.3 Å². The summed E-state index contributed by atoms with van der Waals surface area (Å²) >= 11 is 6.96. The number of hydrogen-bond acceptors (Lipinski definition) is 4. The zero-order valence-electron chi connectivity index (χ0n) is 16.4. The highest BCUT2D eigenvalue weighted by Crippen LogP contribution is 2.34. The molecule has 8 heteroatoms. The minimum absolute atomic E-state index is 0.210. The smallest absolute Gasteiger partial charge is 0.276 e. The third-order valence-electron chi connectivity index (χ3n) is 4.34. The van der Waals surface area contributed by atoms with Crippen LogP contribution in [0.5, 0.6) is 11.5 Å². The predicted octanol–water partition coefficient (Wildman–Crippen LogP) is 4.59. The molecule has 0 bridgehead atoms. The van der Waals surface area contributed by atoms with Gasteiger partial charge in [0.2, 0.25) is 0 Å². The van der Waals surface area contributed by atoms with Crippen molar-refractivity contribution >= 4 is 54.4 Å². The van der Waals surface area contributed by atoms with E-state index >= 15 is 0 Å². The number of ether oxygens (including phenoxy) is 2. The summed E-state index contributed by atoms with van der Waals surface area (Å²) in [6.07, 6.45) is 0. The van der Waals surface area contributed by atoms with Gasteiger partial charge in [0, 0.05) is 4.47 Å². The van der Waals surface area contributed by atoms with Crippen molar-refractivity contribution in [1.82, 2.24) is 10.9 Å². The summed E-state index contributed by atoms with van der Waals surface area (Å²) < 4.78 is 12.9. The van der Waals surface area contributed by atoms with E-state index in [0.717, 1.165) is 30.8 Å². The first-order chi connectivity index (χ1) is 14.3.